The molecule has 1 aliphatic heterocycles. The first kappa shape index (κ1) is 20.9. The second kappa shape index (κ2) is 9.23. The molecule has 5 heteroatoms. The smallest absolute Gasteiger partial charge is 0.128 e. The van der Waals surface area contributed by atoms with E-state index in [1.807, 2.05) is 36.5 Å². The van der Waals surface area contributed by atoms with Crippen LogP contribution in [0.25, 0.3) is 21.7 Å². The van der Waals surface area contributed by atoms with Gasteiger partial charge >= 0.3 is 0 Å². The number of nitrogens with zero attached hydrogens (tertiary/aromatic N) is 1. The fraction of sp³-hybridized carbons (Fsp3) is 0.333. The van der Waals surface area contributed by atoms with Crippen molar-refractivity contribution in [3.8, 4) is 11.5 Å². The Kier molecular flexibility index (Phi) is 6.02. The number of β-amino-alcohol motifs (C(OH)–C–C–N with tert-alkyl or cyclic N) is 1. The lowest BCUT2D eigenvalue weighted by atomic mass is 9.88. The zero-order chi connectivity index (χ0) is 21.9. The highest BCUT2D eigenvalue weighted by atomic mass is 16.5. The second-order valence-corrected chi connectivity index (χ2v) is 8.71. The molecule has 0 saturated carbocycles. The molecule has 2 N–H and O–H groups in total. The lowest BCUT2D eigenvalue weighted by Gasteiger charge is -2.33. The lowest BCUT2D eigenvalue weighted by molar-refractivity contribution is 0.0599. The Balaban J connectivity index is 1.13. The number of aromatic amines is 1. The van der Waals surface area contributed by atoms with Crippen LogP contribution in [0.2, 0.25) is 0 Å². The van der Waals surface area contributed by atoms with Crippen LogP contribution in [0, 0.1) is 0 Å². The third-order valence-electron chi connectivity index (χ3n) is 6.59. The molecule has 0 amide bonds. The third kappa shape index (κ3) is 4.45. The minimum absolute atomic E-state index is 0.304. The quantitative estimate of drug-likeness (QED) is 0.436. The molecule has 3 aromatic carbocycles. The first-order valence-electron chi connectivity index (χ1n) is 11.4. The van der Waals surface area contributed by atoms with Crippen LogP contribution in [-0.2, 0) is 0 Å². The van der Waals surface area contributed by atoms with E-state index in [-0.39, 0.29) is 0 Å². The number of aliphatic hydroxyl groups excluding tert-OH is 1. The number of rotatable bonds is 7. The van der Waals surface area contributed by atoms with Crippen molar-refractivity contribution in [3.05, 3.63) is 72.4 Å². The highest BCUT2D eigenvalue weighted by Gasteiger charge is 2.22. The minimum atomic E-state index is -0.503. The summed E-state index contributed by atoms with van der Waals surface area (Å²) in [5.41, 5.74) is 2.46. The van der Waals surface area contributed by atoms with Crippen molar-refractivity contribution in [3.63, 3.8) is 0 Å². The van der Waals surface area contributed by atoms with Gasteiger partial charge in [-0.3, -0.25) is 0 Å². The summed E-state index contributed by atoms with van der Waals surface area (Å²) in [4.78, 5) is 5.54. The number of piperidine rings is 1. The summed E-state index contributed by atoms with van der Waals surface area (Å²) < 4.78 is 11.3. The van der Waals surface area contributed by atoms with E-state index in [0.29, 0.717) is 19.1 Å². The normalized spacial score (nSPS) is 16.4. The molecular weight excluding hydrogens is 400 g/mol. The van der Waals surface area contributed by atoms with Crippen LogP contribution in [0.4, 0.5) is 0 Å². The fourth-order valence-corrected chi connectivity index (χ4v) is 4.79. The van der Waals surface area contributed by atoms with Gasteiger partial charge in [0.1, 0.15) is 24.2 Å². The highest BCUT2D eigenvalue weighted by molar-refractivity contribution is 5.86. The topological polar surface area (TPSA) is 57.7 Å². The molecule has 0 bridgehead atoms. The fourth-order valence-electron chi connectivity index (χ4n) is 4.79. The third-order valence-corrected chi connectivity index (χ3v) is 6.59. The first-order chi connectivity index (χ1) is 15.7. The molecule has 4 aromatic rings. The number of methoxy groups -OCH3 is 1. The molecule has 1 aromatic heterocycles. The Morgan fingerprint density at radius 1 is 1.03 bits per heavy atom. The van der Waals surface area contributed by atoms with Crippen LogP contribution in [0.15, 0.2) is 66.9 Å². The van der Waals surface area contributed by atoms with Gasteiger partial charge in [0.2, 0.25) is 0 Å². The van der Waals surface area contributed by atoms with Gasteiger partial charge in [0.05, 0.1) is 7.11 Å². The molecule has 1 saturated heterocycles. The van der Waals surface area contributed by atoms with Gasteiger partial charge in [-0.05, 0) is 78.5 Å². The number of benzene rings is 3. The van der Waals surface area contributed by atoms with Gasteiger partial charge < -0.3 is 24.5 Å². The molecule has 0 radical (unpaired) electrons. The summed E-state index contributed by atoms with van der Waals surface area (Å²) in [6, 6.07) is 21.0. The number of aliphatic hydroxyl groups is 1. The Morgan fingerprint density at radius 2 is 1.84 bits per heavy atom. The van der Waals surface area contributed by atoms with E-state index in [0.717, 1.165) is 48.3 Å². The molecule has 5 nitrogen and oxygen atoms in total. The molecule has 0 spiro atoms. The van der Waals surface area contributed by atoms with Crippen molar-refractivity contribution in [2.75, 3.05) is 33.4 Å². The Labute approximate surface area is 188 Å². The molecule has 0 aliphatic carbocycles. The van der Waals surface area contributed by atoms with E-state index in [1.165, 1.54) is 16.3 Å². The average Bonchev–Trinajstić information content (AvgIpc) is 3.32. The molecular formula is C27H30N2O3. The predicted octanol–water partition coefficient (Wildman–Crippen LogP) is 4.95. The molecule has 1 aliphatic rings. The van der Waals surface area contributed by atoms with Gasteiger partial charge in [0.15, 0.2) is 0 Å². The van der Waals surface area contributed by atoms with Crippen LogP contribution >= 0.6 is 0 Å². The van der Waals surface area contributed by atoms with Crippen LogP contribution < -0.4 is 9.47 Å². The maximum atomic E-state index is 10.5. The highest BCUT2D eigenvalue weighted by Crippen LogP contribution is 2.31. The van der Waals surface area contributed by atoms with Crippen molar-refractivity contribution in [1.29, 1.82) is 0 Å². The molecule has 32 heavy (non-hydrogen) atoms. The van der Waals surface area contributed by atoms with Crippen LogP contribution in [-0.4, -0.2) is 54.4 Å². The molecule has 5 rings (SSSR count). The zero-order valence-electron chi connectivity index (χ0n) is 18.5. The lowest BCUT2D eigenvalue weighted by Crippen LogP contribution is -2.40. The number of fused-ring (bicyclic) bond motifs is 2. The Morgan fingerprint density at radius 3 is 2.69 bits per heavy atom. The van der Waals surface area contributed by atoms with Crippen molar-refractivity contribution >= 4 is 21.7 Å². The van der Waals surface area contributed by atoms with Gasteiger partial charge in [-0.2, -0.15) is 0 Å². The van der Waals surface area contributed by atoms with E-state index in [2.05, 4.69) is 40.2 Å². The number of likely N-dealkylation sites (tertiary alicyclic amines) is 1. The Hall–Kier alpha value is -3.02. The van der Waals surface area contributed by atoms with E-state index in [1.54, 1.807) is 7.11 Å². The minimum Gasteiger partial charge on any atom is -0.497 e. The SMILES string of the molecule is COc1ccc2cc(C3CCN(CC(O)COc4cccc5[nH]ccc45)CC3)ccc2c1. The van der Waals surface area contributed by atoms with Gasteiger partial charge in [-0.15, -0.1) is 0 Å². The summed E-state index contributed by atoms with van der Waals surface area (Å²) in [7, 11) is 1.70. The average molecular weight is 431 g/mol. The number of nitrogens with one attached hydrogen (secondary N) is 1. The van der Waals surface area contributed by atoms with Gasteiger partial charge in [-0.25, -0.2) is 0 Å². The van der Waals surface area contributed by atoms with E-state index < -0.39 is 6.10 Å². The van der Waals surface area contributed by atoms with E-state index in [4.69, 9.17) is 9.47 Å². The first-order valence-corrected chi connectivity index (χ1v) is 11.4. The maximum Gasteiger partial charge on any atom is 0.128 e. The van der Waals surface area contributed by atoms with Gasteiger partial charge in [0.25, 0.3) is 0 Å². The monoisotopic (exact) mass is 430 g/mol. The maximum absolute atomic E-state index is 10.5. The van der Waals surface area contributed by atoms with E-state index in [9.17, 15) is 5.11 Å². The number of ether oxygens (including phenoxy) is 2. The number of aromatic nitrogens is 1. The zero-order valence-corrected chi connectivity index (χ0v) is 18.5. The summed E-state index contributed by atoms with van der Waals surface area (Å²) in [6.07, 6.45) is 3.62. The number of hydrogen-bond acceptors (Lipinski definition) is 4. The summed E-state index contributed by atoms with van der Waals surface area (Å²) in [6.45, 7) is 2.94. The Bertz CT molecular complexity index is 1190. The molecule has 1 atom stereocenters. The largest absolute Gasteiger partial charge is 0.497 e. The van der Waals surface area contributed by atoms with Crippen molar-refractivity contribution in [2.24, 2.45) is 0 Å². The number of H-pyrrole nitrogens is 1. The van der Waals surface area contributed by atoms with Crippen LogP contribution in [0.5, 0.6) is 11.5 Å². The molecule has 1 fully saturated rings. The van der Waals surface area contributed by atoms with Crippen molar-refractivity contribution in [1.82, 2.24) is 9.88 Å². The van der Waals surface area contributed by atoms with Gasteiger partial charge in [0, 0.05) is 23.6 Å². The summed E-state index contributed by atoms with van der Waals surface area (Å²) in [5, 5.41) is 14.1. The van der Waals surface area contributed by atoms with Gasteiger partial charge in [-0.1, -0.05) is 30.3 Å². The molecule has 166 valence electrons. The summed E-state index contributed by atoms with van der Waals surface area (Å²) in [5.74, 6) is 2.28. The standard InChI is InChI=1S/C27H30N2O3/c1-31-24-8-7-21-15-20(5-6-22(21)16-24)19-10-13-29(14-11-19)17-23(30)18-32-27-4-2-3-26-25(27)9-12-28-26/h2-9,12,15-16,19,23,28,30H,10-11,13-14,17-18H2,1H3. The summed E-state index contributed by atoms with van der Waals surface area (Å²) >= 11 is 0. The molecule has 2 heterocycles. The van der Waals surface area contributed by atoms with Crippen molar-refractivity contribution < 1.29 is 14.6 Å². The number of hydrogen-bond donors (Lipinski definition) is 2. The van der Waals surface area contributed by atoms with Crippen molar-refractivity contribution in [2.45, 2.75) is 24.9 Å². The molecule has 1 unspecified atom stereocenters. The van der Waals surface area contributed by atoms with E-state index >= 15 is 0 Å². The van der Waals surface area contributed by atoms with Crippen LogP contribution in [0.3, 0.4) is 0 Å². The predicted molar refractivity (Wildman–Crippen MR) is 129 cm³/mol. The second-order valence-electron chi connectivity index (χ2n) is 8.71. The van der Waals surface area contributed by atoms with Crippen LogP contribution in [0.1, 0.15) is 24.3 Å².